The second-order valence-electron chi connectivity index (χ2n) is 2.52. The van der Waals surface area contributed by atoms with Crippen molar-refractivity contribution in [2.24, 2.45) is 0 Å². The Balaban J connectivity index is 0.000000845. The SMILES string of the molecule is Oc1ccc2cccc(O)c2n1.[BiH3]. The van der Waals surface area contributed by atoms with Crippen LogP contribution in [0.15, 0.2) is 30.3 Å². The molecule has 0 aliphatic heterocycles. The molecule has 0 aliphatic carbocycles. The second-order valence-corrected chi connectivity index (χ2v) is 2.52. The first-order valence-electron chi connectivity index (χ1n) is 3.55. The zero-order valence-corrected chi connectivity index (χ0v) is 12.4. The predicted molar refractivity (Wildman–Crippen MR) is 55.0 cm³/mol. The number of phenols is 1. The molecule has 0 bridgehead atoms. The van der Waals surface area contributed by atoms with E-state index in [1.807, 2.05) is 6.07 Å². The van der Waals surface area contributed by atoms with Crippen molar-refractivity contribution in [2.45, 2.75) is 0 Å². The Morgan fingerprint density at radius 1 is 1.00 bits per heavy atom. The second kappa shape index (κ2) is 3.88. The quantitative estimate of drug-likeness (QED) is 0.660. The summed E-state index contributed by atoms with van der Waals surface area (Å²) in [5.41, 5.74) is 0.428. The average Bonchev–Trinajstić information content (AvgIpc) is 2.07. The molecule has 0 aliphatic rings. The third kappa shape index (κ3) is 1.89. The van der Waals surface area contributed by atoms with Gasteiger partial charge in [0.15, 0.2) is 0 Å². The van der Waals surface area contributed by atoms with Crippen molar-refractivity contribution in [3.8, 4) is 11.6 Å². The third-order valence-electron chi connectivity index (χ3n) is 1.68. The molecular formula is C9H10BiNO2. The molecule has 2 N–H and O–H groups in total. The number of fused-ring (bicyclic) bond motifs is 1. The van der Waals surface area contributed by atoms with Crippen molar-refractivity contribution in [1.29, 1.82) is 0 Å². The fourth-order valence-electron chi connectivity index (χ4n) is 1.12. The number of phenolic OH excluding ortho intramolecular Hbond substituents is 1. The summed E-state index contributed by atoms with van der Waals surface area (Å²) in [5.74, 6) is 0.00685. The Labute approximate surface area is 94.2 Å². The van der Waals surface area contributed by atoms with Crippen LogP contribution >= 0.6 is 0 Å². The normalized spacial score (nSPS) is 9.54. The Morgan fingerprint density at radius 2 is 1.77 bits per heavy atom. The first-order chi connectivity index (χ1) is 5.77. The van der Waals surface area contributed by atoms with Gasteiger partial charge >= 0.3 is 26.2 Å². The molecule has 0 fully saturated rings. The summed E-state index contributed by atoms with van der Waals surface area (Å²) in [7, 11) is 0. The first-order valence-corrected chi connectivity index (χ1v) is 3.55. The van der Waals surface area contributed by atoms with Crippen molar-refractivity contribution in [3.05, 3.63) is 30.3 Å². The number of benzene rings is 1. The summed E-state index contributed by atoms with van der Waals surface area (Å²) in [6.45, 7) is 0. The molecule has 68 valence electrons. The van der Waals surface area contributed by atoms with Crippen LogP contribution in [0.2, 0.25) is 0 Å². The summed E-state index contributed by atoms with van der Waals surface area (Å²) in [4.78, 5) is 3.78. The zero-order chi connectivity index (χ0) is 8.55. The van der Waals surface area contributed by atoms with E-state index in [-0.39, 0.29) is 37.8 Å². The van der Waals surface area contributed by atoms with Gasteiger partial charge < -0.3 is 10.2 Å². The molecule has 0 radical (unpaired) electrons. The van der Waals surface area contributed by atoms with Crippen molar-refractivity contribution >= 4 is 37.1 Å². The maximum absolute atomic E-state index is 9.32. The van der Waals surface area contributed by atoms with Crippen LogP contribution in [0, 0.1) is 0 Å². The molecule has 1 heterocycles. The molecule has 2 aromatic rings. The van der Waals surface area contributed by atoms with Gasteiger partial charge in [-0.05, 0) is 12.1 Å². The molecule has 0 saturated carbocycles. The zero-order valence-electron chi connectivity index (χ0n) is 6.94. The standard InChI is InChI=1S/C9H7NO2.Bi.3H/c11-7-3-1-2-6-4-5-8(12)10-9(6)7;;;;/h1-5,11H,(H,10,12);;;;. The van der Waals surface area contributed by atoms with Crippen LogP contribution in [0.25, 0.3) is 10.9 Å². The Bertz CT molecular complexity index is 431. The van der Waals surface area contributed by atoms with Crippen molar-refractivity contribution in [2.75, 3.05) is 0 Å². The molecule has 1 aromatic carbocycles. The summed E-state index contributed by atoms with van der Waals surface area (Å²) >= 11 is 0. The van der Waals surface area contributed by atoms with Crippen LogP contribution in [-0.2, 0) is 0 Å². The number of nitrogens with zero attached hydrogens (tertiary/aromatic N) is 1. The number of hydrogen-bond donors (Lipinski definition) is 2. The fraction of sp³-hybridized carbons (Fsp3) is 0. The van der Waals surface area contributed by atoms with Gasteiger partial charge in [0.05, 0.1) is 0 Å². The molecule has 1 aromatic heterocycles. The number of para-hydroxylation sites is 1. The Hall–Kier alpha value is -0.887. The molecule has 4 heteroatoms. The molecule has 0 atom stereocenters. The van der Waals surface area contributed by atoms with Gasteiger partial charge in [0, 0.05) is 11.5 Å². The fourth-order valence-corrected chi connectivity index (χ4v) is 1.12. The molecule has 0 unspecified atom stereocenters. The van der Waals surface area contributed by atoms with Gasteiger partial charge in [-0.25, -0.2) is 4.98 Å². The number of hydrogen-bond acceptors (Lipinski definition) is 3. The number of pyridine rings is 1. The Morgan fingerprint density at radius 3 is 2.54 bits per heavy atom. The molecule has 0 amide bonds. The van der Waals surface area contributed by atoms with E-state index < -0.39 is 0 Å². The van der Waals surface area contributed by atoms with Crippen molar-refractivity contribution in [3.63, 3.8) is 0 Å². The molecule has 3 nitrogen and oxygen atoms in total. The van der Waals surface area contributed by atoms with Gasteiger partial charge in [-0.2, -0.15) is 0 Å². The first kappa shape index (κ1) is 10.2. The summed E-state index contributed by atoms with van der Waals surface area (Å²) in [6, 6.07) is 8.28. The van der Waals surface area contributed by atoms with Gasteiger partial charge in [0.25, 0.3) is 0 Å². The van der Waals surface area contributed by atoms with E-state index in [1.54, 1.807) is 12.1 Å². The van der Waals surface area contributed by atoms with E-state index >= 15 is 0 Å². The van der Waals surface area contributed by atoms with Crippen LogP contribution in [-0.4, -0.2) is 41.4 Å². The van der Waals surface area contributed by atoms with Crippen LogP contribution in [0.5, 0.6) is 11.6 Å². The maximum atomic E-state index is 9.32. The van der Waals surface area contributed by atoms with Gasteiger partial charge in [-0.15, -0.1) is 0 Å². The predicted octanol–water partition coefficient (Wildman–Crippen LogP) is 0.462. The third-order valence-corrected chi connectivity index (χ3v) is 1.68. The van der Waals surface area contributed by atoms with E-state index in [4.69, 9.17) is 5.11 Å². The van der Waals surface area contributed by atoms with Crippen LogP contribution in [0.3, 0.4) is 0 Å². The van der Waals surface area contributed by atoms with E-state index in [1.165, 1.54) is 12.1 Å². The van der Waals surface area contributed by atoms with Gasteiger partial charge in [0.2, 0.25) is 5.88 Å². The van der Waals surface area contributed by atoms with Gasteiger partial charge in [-0.1, -0.05) is 12.1 Å². The van der Waals surface area contributed by atoms with Crippen LogP contribution < -0.4 is 0 Å². The van der Waals surface area contributed by atoms with Crippen LogP contribution in [0.1, 0.15) is 0 Å². The Kier molecular flexibility index (Phi) is 3.04. The number of rotatable bonds is 0. The number of aromatic nitrogens is 1. The van der Waals surface area contributed by atoms with Gasteiger partial charge in [0.1, 0.15) is 11.3 Å². The summed E-state index contributed by atoms with van der Waals surface area (Å²) in [5, 5.41) is 19.2. The molecular weight excluding hydrogens is 363 g/mol. The van der Waals surface area contributed by atoms with E-state index in [0.717, 1.165) is 5.39 Å². The van der Waals surface area contributed by atoms with E-state index in [9.17, 15) is 5.11 Å². The topological polar surface area (TPSA) is 53.4 Å². The summed E-state index contributed by atoms with van der Waals surface area (Å²) in [6.07, 6.45) is 0. The van der Waals surface area contributed by atoms with Crippen molar-refractivity contribution in [1.82, 2.24) is 4.98 Å². The minimum atomic E-state index is -0.0796. The monoisotopic (exact) mass is 373 g/mol. The average molecular weight is 373 g/mol. The molecule has 0 saturated heterocycles. The van der Waals surface area contributed by atoms with Crippen LogP contribution in [0.4, 0.5) is 0 Å². The molecule has 0 spiro atoms. The van der Waals surface area contributed by atoms with E-state index in [0.29, 0.717) is 5.52 Å². The number of aromatic hydroxyl groups is 2. The van der Waals surface area contributed by atoms with Crippen molar-refractivity contribution < 1.29 is 10.2 Å². The van der Waals surface area contributed by atoms with E-state index in [2.05, 4.69) is 4.98 Å². The molecule has 13 heavy (non-hydrogen) atoms. The molecule has 2 rings (SSSR count). The summed E-state index contributed by atoms with van der Waals surface area (Å²) < 4.78 is 0. The van der Waals surface area contributed by atoms with Gasteiger partial charge in [-0.3, -0.25) is 0 Å². The minimum absolute atomic E-state index is 0.